The summed E-state index contributed by atoms with van der Waals surface area (Å²) in [6.45, 7) is 4.29. The first-order valence-corrected chi connectivity index (χ1v) is 10.1. The molecule has 4 rings (SSSR count). The van der Waals surface area contributed by atoms with Crippen LogP contribution in [0.2, 0.25) is 0 Å². The average molecular weight is 377 g/mol. The van der Waals surface area contributed by atoms with Gasteiger partial charge in [-0.2, -0.15) is 0 Å². The molecule has 2 aliphatic heterocycles. The third kappa shape index (κ3) is 4.60. The van der Waals surface area contributed by atoms with Crippen LogP contribution in [0.5, 0.6) is 0 Å². The number of likely N-dealkylation sites (tertiary alicyclic amines) is 2. The summed E-state index contributed by atoms with van der Waals surface area (Å²) >= 11 is 0. The minimum Gasteiger partial charge on any atom is -0.348 e. The zero-order valence-electron chi connectivity index (χ0n) is 16.1. The maximum Gasteiger partial charge on any atom is 0.251 e. The van der Waals surface area contributed by atoms with Gasteiger partial charge >= 0.3 is 0 Å². The topological polar surface area (TPSA) is 52.7 Å². The van der Waals surface area contributed by atoms with Crippen LogP contribution < -0.4 is 5.32 Å². The summed E-state index contributed by atoms with van der Waals surface area (Å²) in [5, 5.41) is 3.17. The molecule has 1 N–H and O–H groups in total. The van der Waals surface area contributed by atoms with Gasteiger partial charge in [0.2, 0.25) is 5.91 Å². The van der Waals surface area contributed by atoms with E-state index in [9.17, 15) is 9.59 Å². The Morgan fingerprint density at radius 3 is 2.43 bits per heavy atom. The molecule has 0 unspecified atom stereocenters. The quantitative estimate of drug-likeness (QED) is 0.842. The van der Waals surface area contributed by atoms with E-state index in [2.05, 4.69) is 34.5 Å². The minimum absolute atomic E-state index is 0.0182. The summed E-state index contributed by atoms with van der Waals surface area (Å²) in [4.78, 5) is 28.6. The summed E-state index contributed by atoms with van der Waals surface area (Å²) in [5.74, 6) is 0.207. The Morgan fingerprint density at radius 1 is 0.964 bits per heavy atom. The van der Waals surface area contributed by atoms with Gasteiger partial charge in [-0.15, -0.1) is 0 Å². The lowest BCUT2D eigenvalue weighted by molar-refractivity contribution is -0.128. The van der Waals surface area contributed by atoms with Crippen LogP contribution >= 0.6 is 0 Å². The van der Waals surface area contributed by atoms with Crippen molar-refractivity contribution in [2.24, 2.45) is 0 Å². The van der Waals surface area contributed by atoms with Crippen LogP contribution in [-0.2, 0) is 17.9 Å². The Hall–Kier alpha value is -2.66. The number of nitrogens with zero attached hydrogens (tertiary/aromatic N) is 2. The fraction of sp³-hybridized carbons (Fsp3) is 0.391. The van der Waals surface area contributed by atoms with Crippen molar-refractivity contribution in [2.75, 3.05) is 19.6 Å². The van der Waals surface area contributed by atoms with E-state index in [1.165, 1.54) is 5.56 Å². The predicted octanol–water partition coefficient (Wildman–Crippen LogP) is 2.81. The lowest BCUT2D eigenvalue weighted by Crippen LogP contribution is -2.37. The third-order valence-electron chi connectivity index (χ3n) is 5.62. The Morgan fingerprint density at radius 2 is 1.71 bits per heavy atom. The molecule has 28 heavy (non-hydrogen) atoms. The third-order valence-corrected chi connectivity index (χ3v) is 5.62. The van der Waals surface area contributed by atoms with Gasteiger partial charge < -0.3 is 10.2 Å². The molecule has 2 aromatic carbocycles. The smallest absolute Gasteiger partial charge is 0.251 e. The number of amides is 2. The zero-order chi connectivity index (χ0) is 19.3. The molecule has 0 aromatic heterocycles. The van der Waals surface area contributed by atoms with Gasteiger partial charge in [-0.05, 0) is 36.1 Å². The number of carbonyl (C=O) groups is 2. The first-order chi connectivity index (χ1) is 13.7. The van der Waals surface area contributed by atoms with Crippen molar-refractivity contribution in [1.82, 2.24) is 15.1 Å². The van der Waals surface area contributed by atoms with Crippen LogP contribution in [0.1, 0.15) is 40.7 Å². The fourth-order valence-corrected chi connectivity index (χ4v) is 4.06. The highest BCUT2D eigenvalue weighted by Crippen LogP contribution is 2.16. The standard InChI is InChI=1S/C23H27N3O2/c27-22-7-4-13-26(22)16-19-8-10-20(11-9-19)23(28)24-21-12-14-25(17-21)15-18-5-2-1-3-6-18/h1-3,5-6,8-11,21H,4,7,12-17H2,(H,24,28)/t21-/m0/s1. The van der Waals surface area contributed by atoms with Crippen molar-refractivity contribution in [2.45, 2.75) is 38.4 Å². The molecule has 0 saturated carbocycles. The molecule has 2 heterocycles. The van der Waals surface area contributed by atoms with E-state index in [0.717, 1.165) is 44.6 Å². The van der Waals surface area contributed by atoms with E-state index in [1.54, 1.807) is 0 Å². The van der Waals surface area contributed by atoms with Crippen LogP contribution in [0.25, 0.3) is 0 Å². The maximum atomic E-state index is 12.6. The number of nitrogens with one attached hydrogen (secondary N) is 1. The van der Waals surface area contributed by atoms with Gasteiger partial charge in [0.25, 0.3) is 5.91 Å². The highest BCUT2D eigenvalue weighted by atomic mass is 16.2. The first-order valence-electron chi connectivity index (χ1n) is 10.1. The molecule has 5 heteroatoms. The first kappa shape index (κ1) is 18.7. The summed E-state index contributed by atoms with van der Waals surface area (Å²) in [5.41, 5.74) is 3.06. The van der Waals surface area contributed by atoms with Crippen LogP contribution in [0.3, 0.4) is 0 Å². The molecule has 1 atom stereocenters. The lowest BCUT2D eigenvalue weighted by atomic mass is 10.1. The SMILES string of the molecule is O=C(N[C@H]1CCN(Cc2ccccc2)C1)c1ccc(CN2CCCC2=O)cc1. The van der Waals surface area contributed by atoms with E-state index in [0.29, 0.717) is 18.5 Å². The van der Waals surface area contributed by atoms with Crippen molar-refractivity contribution < 1.29 is 9.59 Å². The number of hydrogen-bond acceptors (Lipinski definition) is 3. The van der Waals surface area contributed by atoms with Gasteiger partial charge in [0.1, 0.15) is 0 Å². The second-order valence-corrected chi connectivity index (χ2v) is 7.80. The second-order valence-electron chi connectivity index (χ2n) is 7.80. The van der Waals surface area contributed by atoms with Crippen molar-refractivity contribution in [3.63, 3.8) is 0 Å². The molecule has 2 aliphatic rings. The van der Waals surface area contributed by atoms with Crippen LogP contribution in [0, 0.1) is 0 Å². The normalized spacial score (nSPS) is 19.9. The highest BCUT2D eigenvalue weighted by Gasteiger charge is 2.24. The van der Waals surface area contributed by atoms with Crippen LogP contribution in [0.4, 0.5) is 0 Å². The van der Waals surface area contributed by atoms with Gasteiger partial charge in [0, 0.05) is 50.7 Å². The lowest BCUT2D eigenvalue weighted by Gasteiger charge is -2.17. The molecule has 2 saturated heterocycles. The Kier molecular flexibility index (Phi) is 5.72. The molecule has 146 valence electrons. The van der Waals surface area contributed by atoms with Crippen molar-refractivity contribution >= 4 is 11.8 Å². The molecule has 0 radical (unpaired) electrons. The van der Waals surface area contributed by atoms with Gasteiger partial charge in [-0.25, -0.2) is 0 Å². The summed E-state index contributed by atoms with van der Waals surface area (Å²) < 4.78 is 0. The fourth-order valence-electron chi connectivity index (χ4n) is 4.06. The minimum atomic E-state index is -0.0182. The van der Waals surface area contributed by atoms with E-state index in [1.807, 2.05) is 35.2 Å². The molecule has 0 aliphatic carbocycles. The van der Waals surface area contributed by atoms with E-state index in [-0.39, 0.29) is 17.9 Å². The van der Waals surface area contributed by atoms with E-state index in [4.69, 9.17) is 0 Å². The van der Waals surface area contributed by atoms with E-state index >= 15 is 0 Å². The average Bonchev–Trinajstić information content (AvgIpc) is 3.32. The molecule has 2 amide bonds. The number of carbonyl (C=O) groups excluding carboxylic acids is 2. The Labute approximate surface area is 166 Å². The van der Waals surface area contributed by atoms with E-state index < -0.39 is 0 Å². The van der Waals surface area contributed by atoms with Crippen LogP contribution in [0.15, 0.2) is 54.6 Å². The Balaban J connectivity index is 1.27. The maximum absolute atomic E-state index is 12.6. The second kappa shape index (κ2) is 8.57. The summed E-state index contributed by atoms with van der Waals surface area (Å²) in [7, 11) is 0. The summed E-state index contributed by atoms with van der Waals surface area (Å²) in [6.07, 6.45) is 2.58. The molecule has 2 aromatic rings. The molecular weight excluding hydrogens is 350 g/mol. The number of rotatable bonds is 6. The van der Waals surface area contributed by atoms with Gasteiger partial charge in [-0.3, -0.25) is 14.5 Å². The molecular formula is C23H27N3O2. The summed E-state index contributed by atoms with van der Waals surface area (Å²) in [6, 6.07) is 18.3. The van der Waals surface area contributed by atoms with Crippen LogP contribution in [-0.4, -0.2) is 47.3 Å². The van der Waals surface area contributed by atoms with Crippen molar-refractivity contribution in [1.29, 1.82) is 0 Å². The van der Waals surface area contributed by atoms with Gasteiger partial charge in [0.15, 0.2) is 0 Å². The van der Waals surface area contributed by atoms with Gasteiger partial charge in [-0.1, -0.05) is 42.5 Å². The van der Waals surface area contributed by atoms with Gasteiger partial charge in [0.05, 0.1) is 0 Å². The van der Waals surface area contributed by atoms with Crippen molar-refractivity contribution in [3.05, 3.63) is 71.3 Å². The Bertz CT molecular complexity index is 820. The molecule has 5 nitrogen and oxygen atoms in total. The molecule has 0 bridgehead atoms. The number of benzene rings is 2. The monoisotopic (exact) mass is 377 g/mol. The van der Waals surface area contributed by atoms with Crippen molar-refractivity contribution in [3.8, 4) is 0 Å². The largest absolute Gasteiger partial charge is 0.348 e. The predicted molar refractivity (Wildman–Crippen MR) is 109 cm³/mol. The molecule has 2 fully saturated rings. The number of hydrogen-bond donors (Lipinski definition) is 1. The molecule has 0 spiro atoms. The zero-order valence-corrected chi connectivity index (χ0v) is 16.1. The highest BCUT2D eigenvalue weighted by molar-refractivity contribution is 5.94.